The molecule has 1 aromatic rings. The summed E-state index contributed by atoms with van der Waals surface area (Å²) >= 11 is 0. The van der Waals surface area contributed by atoms with Crippen LogP contribution in [0.3, 0.4) is 0 Å². The van der Waals surface area contributed by atoms with Gasteiger partial charge in [0.1, 0.15) is 0 Å². The Balaban J connectivity index is 2.02. The van der Waals surface area contributed by atoms with Gasteiger partial charge in [0.2, 0.25) is 0 Å². The van der Waals surface area contributed by atoms with Crippen LogP contribution in [0.15, 0.2) is 30.3 Å². The molecule has 1 rings (SSSR count). The van der Waals surface area contributed by atoms with Crippen LogP contribution in [-0.4, -0.2) is 6.54 Å². The van der Waals surface area contributed by atoms with E-state index in [4.69, 9.17) is 0 Å². The highest BCUT2D eigenvalue weighted by molar-refractivity contribution is 5.14. The second kappa shape index (κ2) is 9.23. The zero-order chi connectivity index (χ0) is 12.3. The lowest BCUT2D eigenvalue weighted by molar-refractivity contribution is 0.449. The molecule has 1 nitrogen and oxygen atoms in total. The number of hydrogen-bond donors (Lipinski definition) is 0. The number of nitrogens with zero attached hydrogens (tertiary/aromatic N) is 1. The molecule has 0 aromatic heterocycles. The van der Waals surface area contributed by atoms with Crippen LogP contribution < -0.4 is 5.32 Å². The monoisotopic (exact) mass is 232 g/mol. The Morgan fingerprint density at radius 1 is 1.06 bits per heavy atom. The van der Waals surface area contributed by atoms with E-state index in [0.29, 0.717) is 0 Å². The van der Waals surface area contributed by atoms with Crippen molar-refractivity contribution in [3.8, 4) is 0 Å². The molecule has 0 fully saturated rings. The molecule has 1 unspecified atom stereocenters. The van der Waals surface area contributed by atoms with E-state index < -0.39 is 0 Å². The van der Waals surface area contributed by atoms with Crippen molar-refractivity contribution in [2.24, 2.45) is 5.92 Å². The maximum absolute atomic E-state index is 4.64. The zero-order valence-electron chi connectivity index (χ0n) is 11.4. The van der Waals surface area contributed by atoms with Gasteiger partial charge in [-0.2, -0.15) is 0 Å². The summed E-state index contributed by atoms with van der Waals surface area (Å²) in [5.74, 6) is 0.746. The van der Waals surface area contributed by atoms with E-state index in [2.05, 4.69) is 49.5 Å². The average Bonchev–Trinajstić information content (AvgIpc) is 2.36. The van der Waals surface area contributed by atoms with Crippen LogP contribution in [0, 0.1) is 5.92 Å². The maximum Gasteiger partial charge on any atom is 0.0384 e. The summed E-state index contributed by atoms with van der Waals surface area (Å²) < 4.78 is 0. The molecule has 0 aliphatic rings. The molecule has 17 heavy (non-hydrogen) atoms. The molecular formula is C16H26N. The molecule has 0 saturated heterocycles. The fourth-order valence-corrected chi connectivity index (χ4v) is 2.01. The van der Waals surface area contributed by atoms with E-state index in [1.165, 1.54) is 37.7 Å². The second-order valence-electron chi connectivity index (χ2n) is 5.00. The Morgan fingerprint density at radius 3 is 2.53 bits per heavy atom. The lowest BCUT2D eigenvalue weighted by Gasteiger charge is -2.11. The molecule has 0 aliphatic carbocycles. The van der Waals surface area contributed by atoms with E-state index in [1.54, 1.807) is 0 Å². The second-order valence-corrected chi connectivity index (χ2v) is 5.00. The van der Waals surface area contributed by atoms with E-state index in [1.807, 2.05) is 0 Å². The number of rotatable bonds is 9. The van der Waals surface area contributed by atoms with Crippen molar-refractivity contribution in [2.75, 3.05) is 6.54 Å². The molecule has 1 atom stereocenters. The third kappa shape index (κ3) is 7.17. The predicted molar refractivity (Wildman–Crippen MR) is 75.1 cm³/mol. The van der Waals surface area contributed by atoms with Crippen molar-refractivity contribution in [1.82, 2.24) is 5.32 Å². The van der Waals surface area contributed by atoms with Crippen LogP contribution in [0.5, 0.6) is 0 Å². The lowest BCUT2D eigenvalue weighted by Crippen LogP contribution is -2.14. The quantitative estimate of drug-likeness (QED) is 0.560. The fourth-order valence-electron chi connectivity index (χ4n) is 2.01. The Hall–Kier alpha value is -0.820. The molecule has 0 saturated carbocycles. The Bertz CT molecular complexity index is 268. The molecule has 1 heteroatoms. The van der Waals surface area contributed by atoms with Crippen LogP contribution >= 0.6 is 0 Å². The van der Waals surface area contributed by atoms with Gasteiger partial charge in [0.15, 0.2) is 0 Å². The minimum Gasteiger partial charge on any atom is -0.237 e. The highest BCUT2D eigenvalue weighted by Crippen LogP contribution is 2.10. The minimum atomic E-state index is 0.746. The largest absolute Gasteiger partial charge is 0.237 e. The first kappa shape index (κ1) is 14.2. The summed E-state index contributed by atoms with van der Waals surface area (Å²) in [6, 6.07) is 10.5. The molecule has 95 valence electrons. The third-order valence-electron chi connectivity index (χ3n) is 3.13. The van der Waals surface area contributed by atoms with E-state index in [-0.39, 0.29) is 0 Å². The molecule has 0 aliphatic heterocycles. The number of unbranched alkanes of at least 4 members (excludes halogenated alkanes) is 3. The smallest absolute Gasteiger partial charge is 0.0384 e. The highest BCUT2D eigenvalue weighted by Gasteiger charge is 2.02. The van der Waals surface area contributed by atoms with Gasteiger partial charge in [-0.1, -0.05) is 69.9 Å². The molecular weight excluding hydrogens is 206 g/mol. The minimum absolute atomic E-state index is 0.746. The standard InChI is InChI=1S/C16H26N/c1-3-4-5-7-10-15(2)13-17-14-16-11-8-6-9-12-16/h6,8-9,11-12,15H,3-5,7,10,13-14H2,1-2H3. The Morgan fingerprint density at radius 2 is 1.82 bits per heavy atom. The third-order valence-corrected chi connectivity index (χ3v) is 3.13. The summed E-state index contributed by atoms with van der Waals surface area (Å²) in [6.45, 7) is 6.47. The summed E-state index contributed by atoms with van der Waals surface area (Å²) in [5, 5.41) is 4.64. The van der Waals surface area contributed by atoms with Gasteiger partial charge in [0.25, 0.3) is 0 Å². The van der Waals surface area contributed by atoms with Crippen LogP contribution in [0.25, 0.3) is 0 Å². The first-order chi connectivity index (χ1) is 8.33. The van der Waals surface area contributed by atoms with Gasteiger partial charge in [-0.25, -0.2) is 5.32 Å². The van der Waals surface area contributed by atoms with Gasteiger partial charge in [0.05, 0.1) is 0 Å². The first-order valence-electron chi connectivity index (χ1n) is 7.00. The summed E-state index contributed by atoms with van der Waals surface area (Å²) in [4.78, 5) is 0. The van der Waals surface area contributed by atoms with Crippen molar-refractivity contribution < 1.29 is 0 Å². The maximum atomic E-state index is 4.64. The zero-order valence-corrected chi connectivity index (χ0v) is 11.4. The normalized spacial score (nSPS) is 12.6. The lowest BCUT2D eigenvalue weighted by atomic mass is 10.0. The fraction of sp³-hybridized carbons (Fsp3) is 0.625. The molecule has 0 spiro atoms. The molecule has 1 radical (unpaired) electrons. The molecule has 0 heterocycles. The summed E-state index contributed by atoms with van der Waals surface area (Å²) in [6.07, 6.45) is 6.80. The van der Waals surface area contributed by atoms with Gasteiger partial charge in [-0.3, -0.25) is 0 Å². The summed E-state index contributed by atoms with van der Waals surface area (Å²) in [7, 11) is 0. The van der Waals surface area contributed by atoms with E-state index in [9.17, 15) is 0 Å². The van der Waals surface area contributed by atoms with Crippen LogP contribution in [-0.2, 0) is 6.54 Å². The van der Waals surface area contributed by atoms with Crippen LogP contribution in [0.2, 0.25) is 0 Å². The van der Waals surface area contributed by atoms with Gasteiger partial charge < -0.3 is 0 Å². The van der Waals surface area contributed by atoms with Crippen molar-refractivity contribution in [3.05, 3.63) is 35.9 Å². The SMILES string of the molecule is CCCCCCC(C)C[N]Cc1ccccc1. The van der Waals surface area contributed by atoms with E-state index in [0.717, 1.165) is 19.0 Å². The Kier molecular flexibility index (Phi) is 7.74. The molecule has 0 amide bonds. The van der Waals surface area contributed by atoms with Crippen LogP contribution in [0.4, 0.5) is 0 Å². The van der Waals surface area contributed by atoms with Gasteiger partial charge >= 0.3 is 0 Å². The molecule has 0 N–H and O–H groups in total. The molecule has 1 aromatic carbocycles. The summed E-state index contributed by atoms with van der Waals surface area (Å²) in [5.41, 5.74) is 1.32. The Labute approximate surface area is 107 Å². The topological polar surface area (TPSA) is 14.1 Å². The van der Waals surface area contributed by atoms with Crippen LogP contribution in [0.1, 0.15) is 51.5 Å². The molecule has 0 bridgehead atoms. The van der Waals surface area contributed by atoms with Crippen molar-refractivity contribution >= 4 is 0 Å². The van der Waals surface area contributed by atoms with Gasteiger partial charge in [0, 0.05) is 13.1 Å². The first-order valence-corrected chi connectivity index (χ1v) is 7.00. The highest BCUT2D eigenvalue weighted by atomic mass is 14.8. The number of benzene rings is 1. The van der Waals surface area contributed by atoms with E-state index >= 15 is 0 Å². The van der Waals surface area contributed by atoms with Gasteiger partial charge in [-0.05, 0) is 17.9 Å². The predicted octanol–water partition coefficient (Wildman–Crippen LogP) is 4.40. The van der Waals surface area contributed by atoms with Gasteiger partial charge in [-0.15, -0.1) is 0 Å². The van der Waals surface area contributed by atoms with Crippen molar-refractivity contribution in [3.63, 3.8) is 0 Å². The van der Waals surface area contributed by atoms with Crippen molar-refractivity contribution in [2.45, 2.75) is 52.5 Å². The average molecular weight is 232 g/mol. The van der Waals surface area contributed by atoms with Crippen molar-refractivity contribution in [1.29, 1.82) is 0 Å². The number of hydrogen-bond acceptors (Lipinski definition) is 0.